The lowest BCUT2D eigenvalue weighted by Crippen LogP contribution is -2.43. The second kappa shape index (κ2) is 5.75. The van der Waals surface area contributed by atoms with Gasteiger partial charge in [0.15, 0.2) is 11.4 Å². The van der Waals surface area contributed by atoms with E-state index in [0.29, 0.717) is 30.8 Å². The first-order chi connectivity index (χ1) is 11.2. The van der Waals surface area contributed by atoms with Crippen LogP contribution in [0.25, 0.3) is 11.1 Å². The maximum Gasteiger partial charge on any atom is 0.246 e. The Balaban J connectivity index is 1.62. The van der Waals surface area contributed by atoms with E-state index in [2.05, 4.69) is 20.0 Å². The van der Waals surface area contributed by atoms with E-state index in [1.807, 2.05) is 38.1 Å². The van der Waals surface area contributed by atoms with Crippen molar-refractivity contribution >= 4 is 11.1 Å². The maximum absolute atomic E-state index is 5.84. The molecule has 0 radical (unpaired) electrons. The number of rotatable bonds is 3. The molecule has 2 atom stereocenters. The van der Waals surface area contributed by atoms with Gasteiger partial charge in [0, 0.05) is 6.54 Å². The van der Waals surface area contributed by atoms with Gasteiger partial charge < -0.3 is 13.7 Å². The van der Waals surface area contributed by atoms with Crippen LogP contribution in [0.3, 0.4) is 0 Å². The van der Waals surface area contributed by atoms with Crippen LogP contribution in [-0.2, 0) is 11.3 Å². The molecule has 0 amide bonds. The first-order valence-electron chi connectivity index (χ1n) is 7.71. The highest BCUT2D eigenvalue weighted by atomic mass is 16.5. The van der Waals surface area contributed by atoms with E-state index in [1.165, 1.54) is 0 Å². The molecule has 0 saturated carbocycles. The summed E-state index contributed by atoms with van der Waals surface area (Å²) in [4.78, 5) is 11.1. The van der Waals surface area contributed by atoms with Gasteiger partial charge in [-0.25, -0.2) is 4.98 Å². The molecule has 0 aliphatic carbocycles. The summed E-state index contributed by atoms with van der Waals surface area (Å²) < 4.78 is 17.0. The largest absolute Gasteiger partial charge is 0.439 e. The van der Waals surface area contributed by atoms with Gasteiger partial charge in [0.05, 0.1) is 19.3 Å². The number of ether oxygens (including phenoxy) is 1. The molecule has 2 aromatic heterocycles. The Bertz CT molecular complexity index is 779. The lowest BCUT2D eigenvalue weighted by Gasteiger charge is -2.36. The van der Waals surface area contributed by atoms with Crippen LogP contribution < -0.4 is 0 Å². The molecule has 7 nitrogen and oxygen atoms in total. The third-order valence-electron chi connectivity index (χ3n) is 4.07. The Morgan fingerprint density at radius 2 is 2.13 bits per heavy atom. The molecule has 1 aliphatic heterocycles. The molecule has 23 heavy (non-hydrogen) atoms. The Hall–Kier alpha value is -2.25. The number of aryl methyl sites for hydroxylation is 1. The van der Waals surface area contributed by atoms with Crippen LogP contribution in [0.5, 0.6) is 0 Å². The fourth-order valence-electron chi connectivity index (χ4n) is 3.01. The minimum atomic E-state index is -0.0973. The summed E-state index contributed by atoms with van der Waals surface area (Å²) in [5.74, 6) is 1.88. The number of oxazole rings is 1. The quantitative estimate of drug-likeness (QED) is 0.735. The molecular formula is C16H18N4O3. The number of morpholine rings is 1. The minimum Gasteiger partial charge on any atom is -0.439 e. The number of nitrogens with zero attached hydrogens (tertiary/aromatic N) is 4. The summed E-state index contributed by atoms with van der Waals surface area (Å²) in [6.07, 6.45) is -0.0343. The van der Waals surface area contributed by atoms with Crippen LogP contribution in [0.2, 0.25) is 0 Å². The zero-order chi connectivity index (χ0) is 15.8. The molecule has 0 unspecified atom stereocenters. The first-order valence-corrected chi connectivity index (χ1v) is 7.71. The van der Waals surface area contributed by atoms with Gasteiger partial charge in [-0.2, -0.15) is 4.98 Å². The summed E-state index contributed by atoms with van der Waals surface area (Å²) in [6, 6.07) is 7.67. The van der Waals surface area contributed by atoms with Crippen LogP contribution in [-0.4, -0.2) is 39.3 Å². The first kappa shape index (κ1) is 14.3. The third kappa shape index (κ3) is 2.73. The fraction of sp³-hybridized carbons (Fsp3) is 0.438. The molecular weight excluding hydrogens is 296 g/mol. The van der Waals surface area contributed by atoms with E-state index in [0.717, 1.165) is 17.6 Å². The standard InChI is InChI=1S/C16H18N4O3/c1-10-15(16-17-11(2)19-23-16)20(7-8-21-10)9-14-18-12-5-3-4-6-13(12)22-14/h3-6,10,15H,7-9H2,1-2H3/t10-,15+/m1/s1. The second-order valence-corrected chi connectivity index (χ2v) is 5.75. The normalized spacial score (nSPS) is 22.7. The summed E-state index contributed by atoms with van der Waals surface area (Å²) in [5, 5.41) is 3.90. The van der Waals surface area contributed by atoms with Crippen LogP contribution in [0.4, 0.5) is 0 Å². The van der Waals surface area contributed by atoms with Gasteiger partial charge in [-0.05, 0) is 26.0 Å². The summed E-state index contributed by atoms with van der Waals surface area (Å²) in [7, 11) is 0. The Kier molecular flexibility index (Phi) is 3.59. The molecule has 1 fully saturated rings. The molecule has 1 aromatic carbocycles. The topological polar surface area (TPSA) is 77.4 Å². The van der Waals surface area contributed by atoms with Crippen molar-refractivity contribution in [3.8, 4) is 0 Å². The molecule has 7 heteroatoms. The number of hydrogen-bond acceptors (Lipinski definition) is 7. The minimum absolute atomic E-state index is 0.0343. The monoisotopic (exact) mass is 314 g/mol. The predicted molar refractivity (Wildman–Crippen MR) is 81.6 cm³/mol. The zero-order valence-electron chi connectivity index (χ0n) is 13.1. The Morgan fingerprint density at radius 3 is 2.91 bits per heavy atom. The van der Waals surface area contributed by atoms with Crippen LogP contribution in [0, 0.1) is 6.92 Å². The lowest BCUT2D eigenvalue weighted by molar-refractivity contribution is -0.0784. The Labute approximate surface area is 133 Å². The van der Waals surface area contributed by atoms with Gasteiger partial charge in [0.25, 0.3) is 0 Å². The zero-order valence-corrected chi connectivity index (χ0v) is 13.1. The van der Waals surface area contributed by atoms with E-state index >= 15 is 0 Å². The number of hydrogen-bond donors (Lipinski definition) is 0. The summed E-state index contributed by atoms with van der Waals surface area (Å²) >= 11 is 0. The molecule has 0 N–H and O–H groups in total. The highest BCUT2D eigenvalue weighted by Gasteiger charge is 2.35. The van der Waals surface area contributed by atoms with Gasteiger partial charge >= 0.3 is 0 Å². The smallest absolute Gasteiger partial charge is 0.246 e. The molecule has 1 saturated heterocycles. The van der Waals surface area contributed by atoms with Gasteiger partial charge in [-0.15, -0.1) is 0 Å². The van der Waals surface area contributed by atoms with E-state index in [-0.39, 0.29) is 12.1 Å². The average Bonchev–Trinajstić information content (AvgIpc) is 3.13. The van der Waals surface area contributed by atoms with E-state index in [4.69, 9.17) is 13.7 Å². The van der Waals surface area contributed by atoms with Gasteiger partial charge in [-0.3, -0.25) is 4.90 Å². The van der Waals surface area contributed by atoms with Crippen molar-refractivity contribution in [3.63, 3.8) is 0 Å². The van der Waals surface area contributed by atoms with Gasteiger partial charge in [-0.1, -0.05) is 17.3 Å². The van der Waals surface area contributed by atoms with E-state index < -0.39 is 0 Å². The van der Waals surface area contributed by atoms with Gasteiger partial charge in [0.2, 0.25) is 11.8 Å². The van der Waals surface area contributed by atoms with Crippen molar-refractivity contribution in [1.29, 1.82) is 0 Å². The van der Waals surface area contributed by atoms with Crippen molar-refractivity contribution in [2.75, 3.05) is 13.2 Å². The van der Waals surface area contributed by atoms with E-state index in [1.54, 1.807) is 0 Å². The number of benzene rings is 1. The van der Waals surface area contributed by atoms with Crippen LogP contribution in [0.15, 0.2) is 33.2 Å². The van der Waals surface area contributed by atoms with Crippen LogP contribution in [0.1, 0.15) is 30.6 Å². The van der Waals surface area contributed by atoms with Crippen molar-refractivity contribution in [2.24, 2.45) is 0 Å². The molecule has 4 rings (SSSR count). The van der Waals surface area contributed by atoms with Crippen molar-refractivity contribution < 1.29 is 13.7 Å². The fourth-order valence-corrected chi connectivity index (χ4v) is 3.01. The summed E-state index contributed by atoms with van der Waals surface area (Å²) in [5.41, 5.74) is 1.67. The molecule has 3 aromatic rings. The van der Waals surface area contributed by atoms with Crippen molar-refractivity contribution in [2.45, 2.75) is 32.5 Å². The maximum atomic E-state index is 5.84. The highest BCUT2D eigenvalue weighted by molar-refractivity contribution is 5.72. The van der Waals surface area contributed by atoms with Crippen molar-refractivity contribution in [3.05, 3.63) is 41.9 Å². The average molecular weight is 314 g/mol. The predicted octanol–water partition coefficient (Wildman–Crippen LogP) is 2.48. The SMILES string of the molecule is Cc1noc([C@@H]2[C@@H](C)OCCN2Cc2nc3ccccc3o2)n1. The highest BCUT2D eigenvalue weighted by Crippen LogP contribution is 2.30. The number of para-hydroxylation sites is 2. The van der Waals surface area contributed by atoms with Crippen molar-refractivity contribution in [1.82, 2.24) is 20.0 Å². The number of fused-ring (bicyclic) bond motifs is 1. The lowest BCUT2D eigenvalue weighted by atomic mass is 10.1. The molecule has 1 aliphatic rings. The molecule has 0 bridgehead atoms. The second-order valence-electron chi connectivity index (χ2n) is 5.75. The van der Waals surface area contributed by atoms with Crippen LogP contribution >= 0.6 is 0 Å². The molecule has 3 heterocycles. The number of aromatic nitrogens is 3. The molecule has 0 spiro atoms. The van der Waals surface area contributed by atoms with Gasteiger partial charge in [0.1, 0.15) is 11.6 Å². The Morgan fingerprint density at radius 1 is 1.26 bits per heavy atom. The molecule has 120 valence electrons. The van der Waals surface area contributed by atoms with E-state index in [9.17, 15) is 0 Å². The third-order valence-corrected chi connectivity index (χ3v) is 4.07. The summed E-state index contributed by atoms with van der Waals surface area (Å²) in [6.45, 7) is 5.82.